The number of oxazole rings is 1. The normalized spacial score (nSPS) is 16.5. The standard InChI is InChI=1S/C16H18N2O4/c1-10-15(18-9-22-10)16(19)17-7-11-5-12-3-4-13(20-2)6-14(12)21-8-11/h3-4,6,9,11H,5,7-8H2,1-2H3,(H,17,19)/t11-/m1/s1. The van der Waals surface area contributed by atoms with Gasteiger partial charge in [-0.15, -0.1) is 0 Å². The summed E-state index contributed by atoms with van der Waals surface area (Å²) in [4.78, 5) is 15.9. The SMILES string of the molecule is COc1ccc2c(c1)OC[C@@H](CNC(=O)c1ncoc1C)C2. The third-order valence-electron chi connectivity index (χ3n) is 3.77. The number of hydrogen-bond acceptors (Lipinski definition) is 5. The van der Waals surface area contributed by atoms with Crippen LogP contribution in [0.2, 0.25) is 0 Å². The fourth-order valence-electron chi connectivity index (χ4n) is 2.52. The first-order chi connectivity index (χ1) is 10.7. The quantitative estimate of drug-likeness (QED) is 0.934. The molecule has 0 fully saturated rings. The fourth-order valence-corrected chi connectivity index (χ4v) is 2.52. The third kappa shape index (κ3) is 2.90. The number of nitrogens with zero attached hydrogens (tertiary/aromatic N) is 1. The maximum Gasteiger partial charge on any atom is 0.273 e. The lowest BCUT2D eigenvalue weighted by molar-refractivity contribution is 0.0933. The number of rotatable bonds is 4. The van der Waals surface area contributed by atoms with E-state index in [0.29, 0.717) is 24.6 Å². The Bertz CT molecular complexity index is 681. The van der Waals surface area contributed by atoms with Crippen molar-refractivity contribution in [3.8, 4) is 11.5 Å². The molecule has 1 aliphatic heterocycles. The first-order valence-corrected chi connectivity index (χ1v) is 7.15. The minimum absolute atomic E-state index is 0.216. The van der Waals surface area contributed by atoms with Crippen molar-refractivity contribution in [3.63, 3.8) is 0 Å². The highest BCUT2D eigenvalue weighted by Gasteiger charge is 2.22. The van der Waals surface area contributed by atoms with Gasteiger partial charge in [0.25, 0.3) is 5.91 Å². The Morgan fingerprint density at radius 3 is 3.09 bits per heavy atom. The van der Waals surface area contributed by atoms with Crippen molar-refractivity contribution in [2.75, 3.05) is 20.3 Å². The van der Waals surface area contributed by atoms with Crippen molar-refractivity contribution in [1.29, 1.82) is 0 Å². The summed E-state index contributed by atoms with van der Waals surface area (Å²) in [5.41, 5.74) is 1.46. The average molecular weight is 302 g/mol. The van der Waals surface area contributed by atoms with Gasteiger partial charge < -0.3 is 19.2 Å². The first kappa shape index (κ1) is 14.4. The van der Waals surface area contributed by atoms with E-state index in [1.54, 1.807) is 14.0 Å². The number of methoxy groups -OCH3 is 1. The number of benzene rings is 1. The zero-order valence-corrected chi connectivity index (χ0v) is 12.6. The third-order valence-corrected chi connectivity index (χ3v) is 3.77. The maximum atomic E-state index is 12.0. The predicted octanol–water partition coefficient (Wildman–Crippen LogP) is 1.97. The van der Waals surface area contributed by atoms with Crippen LogP contribution in [0.4, 0.5) is 0 Å². The maximum absolute atomic E-state index is 12.0. The zero-order valence-electron chi connectivity index (χ0n) is 12.6. The van der Waals surface area contributed by atoms with Crippen LogP contribution >= 0.6 is 0 Å². The highest BCUT2D eigenvalue weighted by atomic mass is 16.5. The molecule has 1 aliphatic rings. The Balaban J connectivity index is 1.59. The van der Waals surface area contributed by atoms with Gasteiger partial charge in [-0.1, -0.05) is 6.07 Å². The lowest BCUT2D eigenvalue weighted by atomic mass is 9.96. The minimum atomic E-state index is -0.216. The van der Waals surface area contributed by atoms with Crippen molar-refractivity contribution in [1.82, 2.24) is 10.3 Å². The molecule has 0 unspecified atom stereocenters. The molecule has 1 amide bonds. The summed E-state index contributed by atoms with van der Waals surface area (Å²) in [7, 11) is 1.63. The summed E-state index contributed by atoms with van der Waals surface area (Å²) in [5, 5.41) is 2.88. The van der Waals surface area contributed by atoms with Crippen LogP contribution in [0.3, 0.4) is 0 Å². The Labute approximate surface area is 128 Å². The molecule has 1 N–H and O–H groups in total. The molecule has 0 aliphatic carbocycles. The molecular weight excluding hydrogens is 284 g/mol. The molecule has 1 aromatic carbocycles. The van der Waals surface area contributed by atoms with Crippen LogP contribution in [0.5, 0.6) is 11.5 Å². The van der Waals surface area contributed by atoms with Gasteiger partial charge >= 0.3 is 0 Å². The number of aromatic nitrogens is 1. The van der Waals surface area contributed by atoms with Crippen LogP contribution in [0, 0.1) is 12.8 Å². The largest absolute Gasteiger partial charge is 0.497 e. The average Bonchev–Trinajstić information content (AvgIpc) is 2.98. The van der Waals surface area contributed by atoms with Crippen LogP contribution in [0.1, 0.15) is 21.8 Å². The second-order valence-corrected chi connectivity index (χ2v) is 5.32. The van der Waals surface area contributed by atoms with E-state index in [1.807, 2.05) is 18.2 Å². The topological polar surface area (TPSA) is 73.6 Å². The van der Waals surface area contributed by atoms with Gasteiger partial charge in [0, 0.05) is 18.5 Å². The zero-order chi connectivity index (χ0) is 15.5. The van der Waals surface area contributed by atoms with E-state index in [9.17, 15) is 4.79 Å². The van der Waals surface area contributed by atoms with Gasteiger partial charge in [-0.3, -0.25) is 4.79 Å². The summed E-state index contributed by atoms with van der Waals surface area (Å²) in [6.07, 6.45) is 2.13. The molecule has 1 atom stereocenters. The summed E-state index contributed by atoms with van der Waals surface area (Å²) >= 11 is 0. The second kappa shape index (κ2) is 6.09. The molecule has 2 aromatic rings. The number of aryl methyl sites for hydroxylation is 1. The Morgan fingerprint density at radius 1 is 1.50 bits per heavy atom. The molecule has 0 radical (unpaired) electrons. The van der Waals surface area contributed by atoms with Gasteiger partial charge in [-0.2, -0.15) is 0 Å². The lowest BCUT2D eigenvalue weighted by Crippen LogP contribution is -2.35. The van der Waals surface area contributed by atoms with E-state index in [-0.39, 0.29) is 11.8 Å². The highest BCUT2D eigenvalue weighted by Crippen LogP contribution is 2.30. The molecule has 6 nitrogen and oxygen atoms in total. The molecule has 116 valence electrons. The van der Waals surface area contributed by atoms with Crippen LogP contribution < -0.4 is 14.8 Å². The molecule has 1 aromatic heterocycles. The molecule has 0 saturated carbocycles. The van der Waals surface area contributed by atoms with Gasteiger partial charge in [0.2, 0.25) is 0 Å². The lowest BCUT2D eigenvalue weighted by Gasteiger charge is -2.25. The number of amides is 1. The number of carbonyl (C=O) groups is 1. The minimum Gasteiger partial charge on any atom is -0.497 e. The molecule has 3 rings (SSSR count). The summed E-state index contributed by atoms with van der Waals surface area (Å²) < 4.78 is 16.0. The Hall–Kier alpha value is -2.50. The van der Waals surface area contributed by atoms with E-state index in [0.717, 1.165) is 23.5 Å². The molecule has 22 heavy (non-hydrogen) atoms. The molecule has 0 saturated heterocycles. The monoisotopic (exact) mass is 302 g/mol. The fraction of sp³-hybridized carbons (Fsp3) is 0.375. The number of hydrogen-bond donors (Lipinski definition) is 1. The Morgan fingerprint density at radius 2 is 2.36 bits per heavy atom. The van der Waals surface area contributed by atoms with Gasteiger partial charge in [-0.25, -0.2) is 4.98 Å². The van der Waals surface area contributed by atoms with E-state index in [1.165, 1.54) is 6.39 Å². The van der Waals surface area contributed by atoms with Crippen LogP contribution in [-0.4, -0.2) is 31.2 Å². The van der Waals surface area contributed by atoms with Gasteiger partial charge in [0.15, 0.2) is 12.1 Å². The summed E-state index contributed by atoms with van der Waals surface area (Å²) in [6.45, 7) is 2.82. The van der Waals surface area contributed by atoms with Gasteiger partial charge in [0.1, 0.15) is 17.3 Å². The van der Waals surface area contributed by atoms with E-state index >= 15 is 0 Å². The molecule has 0 bridgehead atoms. The number of carbonyl (C=O) groups excluding carboxylic acids is 1. The summed E-state index contributed by atoms with van der Waals surface area (Å²) in [5.74, 6) is 2.18. The van der Waals surface area contributed by atoms with Crippen molar-refractivity contribution in [2.24, 2.45) is 5.92 Å². The Kier molecular flexibility index (Phi) is 4.00. The molecular formula is C16H18N2O4. The van der Waals surface area contributed by atoms with E-state index in [4.69, 9.17) is 13.9 Å². The van der Waals surface area contributed by atoms with Gasteiger partial charge in [0.05, 0.1) is 13.7 Å². The molecule has 6 heteroatoms. The van der Waals surface area contributed by atoms with E-state index < -0.39 is 0 Å². The predicted molar refractivity (Wildman–Crippen MR) is 79.3 cm³/mol. The second-order valence-electron chi connectivity index (χ2n) is 5.32. The number of fused-ring (bicyclic) bond motifs is 1. The molecule has 2 heterocycles. The van der Waals surface area contributed by atoms with Crippen LogP contribution in [-0.2, 0) is 6.42 Å². The number of ether oxygens (including phenoxy) is 2. The van der Waals surface area contributed by atoms with Crippen molar-refractivity contribution in [3.05, 3.63) is 41.6 Å². The van der Waals surface area contributed by atoms with Crippen molar-refractivity contribution < 1.29 is 18.7 Å². The van der Waals surface area contributed by atoms with Crippen molar-refractivity contribution in [2.45, 2.75) is 13.3 Å². The van der Waals surface area contributed by atoms with Crippen molar-refractivity contribution >= 4 is 5.91 Å². The smallest absolute Gasteiger partial charge is 0.273 e. The first-order valence-electron chi connectivity index (χ1n) is 7.15. The van der Waals surface area contributed by atoms with E-state index in [2.05, 4.69) is 10.3 Å². The summed E-state index contributed by atoms with van der Waals surface area (Å²) in [6, 6.07) is 5.81. The number of nitrogens with one attached hydrogen (secondary N) is 1. The van der Waals surface area contributed by atoms with Crippen LogP contribution in [0.15, 0.2) is 29.0 Å². The molecule has 0 spiro atoms. The highest BCUT2D eigenvalue weighted by molar-refractivity contribution is 5.93. The van der Waals surface area contributed by atoms with Crippen LogP contribution in [0.25, 0.3) is 0 Å². The van der Waals surface area contributed by atoms with Gasteiger partial charge in [-0.05, 0) is 25.0 Å².